The van der Waals surface area contributed by atoms with Crippen LogP contribution in [0.4, 0.5) is 5.69 Å². The molecule has 0 aromatic heterocycles. The van der Waals surface area contributed by atoms with E-state index in [-0.39, 0.29) is 24.2 Å². The van der Waals surface area contributed by atoms with Crippen LogP contribution in [0.25, 0.3) is 0 Å². The lowest BCUT2D eigenvalue weighted by molar-refractivity contribution is -0.136. The molecule has 1 aliphatic rings. The van der Waals surface area contributed by atoms with E-state index in [2.05, 4.69) is 0 Å². The van der Waals surface area contributed by atoms with Crippen LogP contribution in [0.2, 0.25) is 0 Å². The third-order valence-corrected chi connectivity index (χ3v) is 5.20. The van der Waals surface area contributed by atoms with Crippen LogP contribution in [0.15, 0.2) is 54.6 Å². The fraction of sp³-hybridized carbons (Fsp3) is 0.130. The number of anilines is 1. The molecular weight excluding hydrogens is 386 g/mol. The number of hydrogen-bond acceptors (Lipinski definition) is 5. The van der Waals surface area contributed by atoms with Crippen molar-refractivity contribution in [2.45, 2.75) is 18.8 Å². The van der Waals surface area contributed by atoms with Gasteiger partial charge in [-0.3, -0.25) is 4.79 Å². The highest BCUT2D eigenvalue weighted by molar-refractivity contribution is 5.90. The Morgan fingerprint density at radius 3 is 2.40 bits per heavy atom. The number of aliphatic carboxylic acids is 1. The first-order valence-electron chi connectivity index (χ1n) is 9.32. The summed E-state index contributed by atoms with van der Waals surface area (Å²) in [5, 5.41) is 29.1. The normalized spacial score (nSPS) is 14.3. The Morgan fingerprint density at radius 1 is 0.933 bits per heavy atom. The van der Waals surface area contributed by atoms with E-state index in [9.17, 15) is 19.8 Å². The first-order chi connectivity index (χ1) is 14.3. The van der Waals surface area contributed by atoms with Crippen molar-refractivity contribution in [2.24, 2.45) is 0 Å². The van der Waals surface area contributed by atoms with Gasteiger partial charge in [-0.1, -0.05) is 24.3 Å². The summed E-state index contributed by atoms with van der Waals surface area (Å²) in [5.74, 6) is -1.74. The Bertz CT molecular complexity index is 1170. The third kappa shape index (κ3) is 3.41. The molecule has 0 spiro atoms. The van der Waals surface area contributed by atoms with Crippen LogP contribution in [0.5, 0.6) is 17.2 Å². The molecule has 3 aromatic rings. The average molecular weight is 405 g/mol. The monoisotopic (exact) mass is 405 g/mol. The average Bonchev–Trinajstić information content (AvgIpc) is 2.70. The number of fused-ring (bicyclic) bond motifs is 2. The molecule has 0 saturated carbocycles. The van der Waals surface area contributed by atoms with Crippen molar-refractivity contribution >= 4 is 17.6 Å². The first-order valence-corrected chi connectivity index (χ1v) is 9.32. The number of hydrogen-bond donors (Lipinski definition) is 4. The Hall–Kier alpha value is -4.00. The van der Waals surface area contributed by atoms with E-state index in [4.69, 9.17) is 15.6 Å². The molecule has 0 amide bonds. The second-order valence-electron chi connectivity index (χ2n) is 7.14. The predicted octanol–water partition coefficient (Wildman–Crippen LogP) is 3.98. The van der Waals surface area contributed by atoms with Crippen LogP contribution < -0.4 is 10.5 Å². The molecule has 0 radical (unpaired) electrons. The van der Waals surface area contributed by atoms with Gasteiger partial charge in [0.15, 0.2) is 0 Å². The van der Waals surface area contributed by atoms with Gasteiger partial charge in [-0.2, -0.15) is 0 Å². The van der Waals surface area contributed by atoms with Crippen molar-refractivity contribution in [3.63, 3.8) is 0 Å². The first kappa shape index (κ1) is 19.3. The number of aromatic carboxylic acids is 1. The molecule has 1 aliphatic heterocycles. The Balaban J connectivity index is 1.94. The van der Waals surface area contributed by atoms with E-state index in [0.29, 0.717) is 33.9 Å². The summed E-state index contributed by atoms with van der Waals surface area (Å²) in [4.78, 5) is 22.9. The molecule has 3 aromatic carbocycles. The molecule has 1 atom stereocenters. The van der Waals surface area contributed by atoms with Gasteiger partial charge in [0.2, 0.25) is 0 Å². The lowest BCUT2D eigenvalue weighted by Crippen LogP contribution is -2.16. The number of nitrogen functional groups attached to an aromatic ring is 1. The maximum Gasteiger partial charge on any atom is 0.335 e. The molecule has 30 heavy (non-hydrogen) atoms. The van der Waals surface area contributed by atoms with Crippen LogP contribution in [0, 0.1) is 0 Å². The number of ether oxygens (including phenoxy) is 1. The summed E-state index contributed by atoms with van der Waals surface area (Å²) in [6, 6.07) is 15.0. The number of phenolic OH excluding ortho intramolecular Hbond substituents is 1. The summed E-state index contributed by atoms with van der Waals surface area (Å²) in [6.45, 7) is 0. The molecular formula is C23H19NO6. The summed E-state index contributed by atoms with van der Waals surface area (Å²) < 4.78 is 5.97. The second-order valence-corrected chi connectivity index (χ2v) is 7.14. The molecule has 1 unspecified atom stereocenters. The van der Waals surface area contributed by atoms with E-state index in [1.807, 2.05) is 0 Å². The highest BCUT2D eigenvalue weighted by atomic mass is 16.5. The minimum absolute atomic E-state index is 0.0763. The molecule has 0 fully saturated rings. The topological polar surface area (TPSA) is 130 Å². The molecule has 1 heterocycles. The zero-order valence-electron chi connectivity index (χ0n) is 15.8. The van der Waals surface area contributed by atoms with Crippen molar-refractivity contribution in [1.29, 1.82) is 0 Å². The Kier molecular flexibility index (Phi) is 4.79. The third-order valence-electron chi connectivity index (χ3n) is 5.20. The maximum atomic E-state index is 11.9. The number of rotatable bonds is 5. The van der Waals surface area contributed by atoms with E-state index in [1.165, 1.54) is 12.1 Å². The molecule has 4 rings (SSSR count). The summed E-state index contributed by atoms with van der Waals surface area (Å²) in [6.07, 6.45) is -0.00690. The highest BCUT2D eigenvalue weighted by Gasteiger charge is 2.32. The minimum atomic E-state index is -1.06. The molecule has 152 valence electrons. The molecule has 5 N–H and O–H groups in total. The smallest absolute Gasteiger partial charge is 0.335 e. The largest absolute Gasteiger partial charge is 0.508 e. The minimum Gasteiger partial charge on any atom is -0.508 e. The van der Waals surface area contributed by atoms with Crippen LogP contribution in [-0.4, -0.2) is 27.3 Å². The lowest BCUT2D eigenvalue weighted by Gasteiger charge is -2.30. The van der Waals surface area contributed by atoms with Crippen LogP contribution in [0.1, 0.15) is 45.0 Å². The molecule has 0 saturated heterocycles. The molecule has 7 heteroatoms. The number of aromatic hydroxyl groups is 1. The van der Waals surface area contributed by atoms with Gasteiger partial charge in [0.1, 0.15) is 17.2 Å². The van der Waals surface area contributed by atoms with Gasteiger partial charge in [-0.25, -0.2) is 4.79 Å². The van der Waals surface area contributed by atoms with E-state index in [1.54, 1.807) is 42.5 Å². The molecule has 0 aliphatic carbocycles. The van der Waals surface area contributed by atoms with Gasteiger partial charge in [0.25, 0.3) is 0 Å². The van der Waals surface area contributed by atoms with Crippen LogP contribution in [0.3, 0.4) is 0 Å². The number of aryl methyl sites for hydroxylation is 1. The van der Waals surface area contributed by atoms with Gasteiger partial charge in [0, 0.05) is 41.3 Å². The number of carboxylic acids is 2. The van der Waals surface area contributed by atoms with Crippen LogP contribution >= 0.6 is 0 Å². The zero-order chi connectivity index (χ0) is 21.4. The fourth-order valence-electron chi connectivity index (χ4n) is 3.83. The highest BCUT2D eigenvalue weighted by Crippen LogP contribution is 2.50. The number of carbonyl (C=O) groups is 2. The van der Waals surface area contributed by atoms with Crippen molar-refractivity contribution in [3.05, 3.63) is 82.4 Å². The zero-order valence-corrected chi connectivity index (χ0v) is 15.8. The lowest BCUT2D eigenvalue weighted by atomic mass is 9.79. The summed E-state index contributed by atoms with van der Waals surface area (Å²) in [5.41, 5.74) is 8.96. The number of phenols is 1. The van der Waals surface area contributed by atoms with E-state index in [0.717, 1.165) is 5.56 Å². The SMILES string of the molecule is Nc1ccc2c(c1)Oc1cc(O)c(CCC(=O)O)cc1C2c1ccccc1C(=O)O. The maximum absolute atomic E-state index is 11.9. The Labute approximate surface area is 172 Å². The van der Waals surface area contributed by atoms with Gasteiger partial charge in [-0.15, -0.1) is 0 Å². The molecule has 0 bridgehead atoms. The van der Waals surface area contributed by atoms with E-state index < -0.39 is 17.9 Å². The summed E-state index contributed by atoms with van der Waals surface area (Å²) in [7, 11) is 0. The van der Waals surface area contributed by atoms with Gasteiger partial charge >= 0.3 is 11.9 Å². The van der Waals surface area contributed by atoms with Gasteiger partial charge in [0.05, 0.1) is 5.56 Å². The van der Waals surface area contributed by atoms with Crippen molar-refractivity contribution in [3.8, 4) is 17.2 Å². The van der Waals surface area contributed by atoms with Gasteiger partial charge < -0.3 is 25.8 Å². The van der Waals surface area contributed by atoms with E-state index >= 15 is 0 Å². The standard InChI is InChI=1S/C23H19NO6/c24-13-6-7-16-19(10-13)30-20-11-18(25)12(5-8-21(26)27)9-17(20)22(16)14-3-1-2-4-15(14)23(28)29/h1-4,6-7,9-11,22,25H,5,8,24H2,(H,26,27)(H,28,29). The molecule has 7 nitrogen and oxygen atoms in total. The van der Waals surface area contributed by atoms with Crippen LogP contribution in [-0.2, 0) is 11.2 Å². The second kappa shape index (κ2) is 7.44. The Morgan fingerprint density at radius 2 is 1.67 bits per heavy atom. The van der Waals surface area contributed by atoms with Crippen molar-refractivity contribution in [2.75, 3.05) is 5.73 Å². The predicted molar refractivity (Wildman–Crippen MR) is 109 cm³/mol. The number of benzene rings is 3. The fourth-order valence-corrected chi connectivity index (χ4v) is 3.83. The van der Waals surface area contributed by atoms with Gasteiger partial charge in [-0.05, 0) is 35.7 Å². The van der Waals surface area contributed by atoms with Crippen molar-refractivity contribution < 1.29 is 29.6 Å². The quantitative estimate of drug-likeness (QED) is 0.370. The number of nitrogens with two attached hydrogens (primary N) is 1. The van der Waals surface area contributed by atoms with Crippen molar-refractivity contribution in [1.82, 2.24) is 0 Å². The summed E-state index contributed by atoms with van der Waals surface area (Å²) >= 11 is 0. The number of carboxylic acid groups (broad SMARTS) is 2.